The topological polar surface area (TPSA) is 86.7 Å². The molecule has 3 rings (SSSR count). The third-order valence-electron chi connectivity index (χ3n) is 4.15. The van der Waals surface area contributed by atoms with Crippen molar-refractivity contribution in [2.75, 3.05) is 0 Å². The van der Waals surface area contributed by atoms with Crippen LogP contribution >= 0.6 is 46.3 Å². The highest BCUT2D eigenvalue weighted by molar-refractivity contribution is 8.01. The van der Waals surface area contributed by atoms with E-state index < -0.39 is 40.0 Å². The SMILES string of the molecule is CC1(C)S[C@@H]2C(NC(=O)C(=C(Cl)Cl)c3cccs3)C(=O)N2[C@H]1C(=O)O. The minimum Gasteiger partial charge on any atom is -0.480 e. The Balaban J connectivity index is 1.79. The van der Waals surface area contributed by atoms with Crippen LogP contribution in [0.25, 0.3) is 5.57 Å². The zero-order chi connectivity index (χ0) is 18.5. The van der Waals surface area contributed by atoms with Crippen molar-refractivity contribution in [2.24, 2.45) is 0 Å². The van der Waals surface area contributed by atoms with E-state index >= 15 is 0 Å². The predicted molar refractivity (Wildman–Crippen MR) is 98.6 cm³/mol. The number of carbonyl (C=O) groups excluding carboxylic acids is 2. The standard InChI is InChI=1S/C15H14Cl2N2O4S2/c1-15(2)9(14(22)23)19-12(21)8(13(19)25-15)18-11(20)7(10(16)17)6-4-3-5-24-6/h3-5,8-9,13H,1-2H3,(H,18,20)(H,22,23)/t8?,9-,13+/m0/s1. The quantitative estimate of drug-likeness (QED) is 0.577. The van der Waals surface area contributed by atoms with E-state index in [1.165, 1.54) is 28.0 Å². The molecule has 0 aromatic carbocycles. The number of carboxylic acid groups (broad SMARTS) is 1. The molecule has 2 N–H and O–H groups in total. The van der Waals surface area contributed by atoms with Crippen molar-refractivity contribution in [1.82, 2.24) is 10.2 Å². The summed E-state index contributed by atoms with van der Waals surface area (Å²) in [7, 11) is 0. The van der Waals surface area contributed by atoms with E-state index in [1.807, 2.05) is 0 Å². The van der Waals surface area contributed by atoms with E-state index in [0.717, 1.165) is 0 Å². The number of hydrogen-bond acceptors (Lipinski definition) is 5. The molecular formula is C15H14Cl2N2O4S2. The van der Waals surface area contributed by atoms with Crippen molar-refractivity contribution in [1.29, 1.82) is 0 Å². The number of carbonyl (C=O) groups is 3. The molecule has 10 heteroatoms. The number of fused-ring (bicyclic) bond motifs is 1. The smallest absolute Gasteiger partial charge is 0.327 e. The molecule has 0 radical (unpaired) electrons. The van der Waals surface area contributed by atoms with E-state index in [0.29, 0.717) is 4.88 Å². The third-order valence-corrected chi connectivity index (χ3v) is 6.98. The summed E-state index contributed by atoms with van der Waals surface area (Å²) in [5, 5.41) is 13.4. The summed E-state index contributed by atoms with van der Waals surface area (Å²) in [6.07, 6.45) is 0. The fraction of sp³-hybridized carbons (Fsp3) is 0.400. The molecule has 0 aliphatic carbocycles. The van der Waals surface area contributed by atoms with E-state index in [4.69, 9.17) is 23.2 Å². The Kier molecular flexibility index (Phi) is 4.83. The molecule has 0 spiro atoms. The molecule has 2 aliphatic heterocycles. The summed E-state index contributed by atoms with van der Waals surface area (Å²) < 4.78 is -0.839. The number of nitrogens with zero attached hydrogens (tertiary/aromatic N) is 1. The van der Waals surface area contributed by atoms with Crippen LogP contribution in [-0.4, -0.2) is 50.0 Å². The first-order chi connectivity index (χ1) is 11.6. The third kappa shape index (κ3) is 3.05. The van der Waals surface area contributed by atoms with Crippen molar-refractivity contribution in [3.05, 3.63) is 26.9 Å². The van der Waals surface area contributed by atoms with Crippen LogP contribution in [0.4, 0.5) is 0 Å². The maximum Gasteiger partial charge on any atom is 0.327 e. The van der Waals surface area contributed by atoms with Crippen molar-refractivity contribution in [2.45, 2.75) is 36.1 Å². The first-order valence-electron chi connectivity index (χ1n) is 7.28. The maximum absolute atomic E-state index is 12.6. The molecule has 3 atom stereocenters. The number of carboxylic acids is 1. The van der Waals surface area contributed by atoms with Gasteiger partial charge in [0.2, 0.25) is 5.91 Å². The Bertz CT molecular complexity index is 775. The molecule has 3 heterocycles. The molecule has 1 unspecified atom stereocenters. The van der Waals surface area contributed by atoms with Gasteiger partial charge in [-0.2, -0.15) is 0 Å². The van der Waals surface area contributed by atoms with Gasteiger partial charge in [0.15, 0.2) is 0 Å². The first-order valence-corrected chi connectivity index (χ1v) is 9.79. The van der Waals surface area contributed by atoms with Gasteiger partial charge < -0.3 is 15.3 Å². The second-order valence-corrected chi connectivity index (χ2v) is 9.83. The normalized spacial score (nSPS) is 26.6. The molecule has 2 aliphatic rings. The average Bonchev–Trinajstić information content (AvgIpc) is 3.09. The number of aliphatic carboxylic acids is 1. The Hall–Kier alpha value is -1.22. The van der Waals surface area contributed by atoms with Crippen molar-refractivity contribution < 1.29 is 19.5 Å². The summed E-state index contributed by atoms with van der Waals surface area (Å²) >= 11 is 14.3. The summed E-state index contributed by atoms with van der Waals surface area (Å²) in [6, 6.07) is 1.73. The van der Waals surface area contributed by atoms with Crippen LogP contribution in [0.3, 0.4) is 0 Å². The lowest BCUT2D eigenvalue weighted by Gasteiger charge is -2.43. The lowest BCUT2D eigenvalue weighted by Crippen LogP contribution is -2.70. The molecule has 2 fully saturated rings. The molecule has 0 saturated carbocycles. The Morgan fingerprint density at radius 2 is 2.04 bits per heavy atom. The summed E-state index contributed by atoms with van der Waals surface area (Å²) in [6.45, 7) is 3.54. The van der Waals surface area contributed by atoms with Gasteiger partial charge in [0.05, 0.1) is 5.57 Å². The summed E-state index contributed by atoms with van der Waals surface area (Å²) in [5.41, 5.74) is 0.0987. The summed E-state index contributed by atoms with van der Waals surface area (Å²) in [5.74, 6) is -2.03. The van der Waals surface area contributed by atoms with Gasteiger partial charge in [0.25, 0.3) is 5.91 Å². The fourth-order valence-corrected chi connectivity index (χ4v) is 5.96. The minimum atomic E-state index is -1.05. The van der Waals surface area contributed by atoms with Crippen molar-refractivity contribution in [3.63, 3.8) is 0 Å². The number of halogens is 2. The zero-order valence-corrected chi connectivity index (χ0v) is 16.3. The van der Waals surface area contributed by atoms with Gasteiger partial charge in [-0.25, -0.2) is 4.79 Å². The van der Waals surface area contributed by atoms with Crippen LogP contribution in [0.1, 0.15) is 18.7 Å². The number of amides is 2. The average molecular weight is 421 g/mol. The van der Waals surface area contributed by atoms with Crippen LogP contribution in [0.15, 0.2) is 22.0 Å². The molecule has 1 aromatic heterocycles. The molecule has 2 amide bonds. The first kappa shape index (κ1) is 18.6. The molecule has 6 nitrogen and oxygen atoms in total. The fourth-order valence-electron chi connectivity index (χ4n) is 3.07. The van der Waals surface area contributed by atoms with E-state index in [9.17, 15) is 19.5 Å². The Morgan fingerprint density at radius 3 is 2.56 bits per heavy atom. The largest absolute Gasteiger partial charge is 0.480 e. The van der Waals surface area contributed by atoms with E-state index in [2.05, 4.69) is 5.32 Å². The molecule has 25 heavy (non-hydrogen) atoms. The van der Waals surface area contributed by atoms with Crippen LogP contribution < -0.4 is 5.32 Å². The number of β-lactam (4-membered cyclic amide) rings is 1. The summed E-state index contributed by atoms with van der Waals surface area (Å²) in [4.78, 5) is 38.4. The van der Waals surface area contributed by atoms with Gasteiger partial charge in [0.1, 0.15) is 21.9 Å². The number of rotatable bonds is 4. The van der Waals surface area contributed by atoms with Gasteiger partial charge in [-0.05, 0) is 25.3 Å². The highest BCUT2D eigenvalue weighted by Crippen LogP contribution is 2.50. The molecule has 0 bridgehead atoms. The minimum absolute atomic E-state index is 0.0987. The van der Waals surface area contributed by atoms with Crippen LogP contribution in [-0.2, 0) is 14.4 Å². The van der Waals surface area contributed by atoms with Crippen LogP contribution in [0.2, 0.25) is 0 Å². The maximum atomic E-state index is 12.6. The van der Waals surface area contributed by atoms with E-state index in [-0.39, 0.29) is 10.1 Å². The lowest BCUT2D eigenvalue weighted by molar-refractivity contribution is -0.160. The zero-order valence-electron chi connectivity index (χ0n) is 13.2. The Morgan fingerprint density at radius 1 is 1.36 bits per heavy atom. The number of thioether (sulfide) groups is 1. The van der Waals surface area contributed by atoms with Crippen LogP contribution in [0.5, 0.6) is 0 Å². The highest BCUT2D eigenvalue weighted by atomic mass is 35.5. The lowest BCUT2D eigenvalue weighted by atomic mass is 9.96. The van der Waals surface area contributed by atoms with Crippen molar-refractivity contribution in [3.8, 4) is 0 Å². The van der Waals surface area contributed by atoms with Gasteiger partial charge in [0, 0.05) is 9.62 Å². The Labute approximate surface area is 162 Å². The van der Waals surface area contributed by atoms with Crippen LogP contribution in [0, 0.1) is 0 Å². The predicted octanol–water partition coefficient (Wildman–Crippen LogP) is 2.53. The number of thiophene rings is 1. The van der Waals surface area contributed by atoms with E-state index in [1.54, 1.807) is 31.4 Å². The van der Waals surface area contributed by atoms with Gasteiger partial charge in [-0.15, -0.1) is 23.1 Å². The molecule has 134 valence electrons. The molecule has 1 aromatic rings. The number of nitrogens with one attached hydrogen (secondary N) is 1. The highest BCUT2D eigenvalue weighted by Gasteiger charge is 2.64. The number of hydrogen-bond donors (Lipinski definition) is 2. The monoisotopic (exact) mass is 420 g/mol. The molecule has 2 saturated heterocycles. The van der Waals surface area contributed by atoms with Crippen molar-refractivity contribution >= 4 is 69.7 Å². The van der Waals surface area contributed by atoms with Gasteiger partial charge in [-0.3, -0.25) is 9.59 Å². The second-order valence-electron chi connectivity index (χ2n) is 6.16. The van der Waals surface area contributed by atoms with Gasteiger partial charge in [-0.1, -0.05) is 29.3 Å². The molecular weight excluding hydrogens is 407 g/mol. The van der Waals surface area contributed by atoms with Gasteiger partial charge >= 0.3 is 5.97 Å². The second kappa shape index (κ2) is 6.50.